The van der Waals surface area contributed by atoms with Gasteiger partial charge in [0.15, 0.2) is 0 Å². The first kappa shape index (κ1) is 20.0. The summed E-state index contributed by atoms with van der Waals surface area (Å²) < 4.78 is 0. The molecule has 0 fully saturated rings. The van der Waals surface area contributed by atoms with E-state index in [4.69, 9.17) is 0 Å². The minimum atomic E-state index is 0.221. The quantitative estimate of drug-likeness (QED) is 0.366. The van der Waals surface area contributed by atoms with Crippen LogP contribution in [-0.2, 0) is 25.7 Å². The van der Waals surface area contributed by atoms with Gasteiger partial charge in [-0.1, -0.05) is 60.7 Å². The lowest BCUT2D eigenvalue weighted by atomic mass is 9.97. The summed E-state index contributed by atoms with van der Waals surface area (Å²) in [6.45, 7) is 0. The summed E-state index contributed by atoms with van der Waals surface area (Å²) in [5.41, 5.74) is 5.86. The van der Waals surface area contributed by atoms with Gasteiger partial charge in [0.25, 0.3) is 0 Å². The molecule has 0 aliphatic heterocycles. The van der Waals surface area contributed by atoms with E-state index in [0.29, 0.717) is 11.0 Å². The van der Waals surface area contributed by atoms with Crippen LogP contribution in [-0.4, -0.2) is 20.2 Å². The fourth-order valence-electron chi connectivity index (χ4n) is 4.19. The minimum absolute atomic E-state index is 0.221. The molecule has 0 amide bonds. The summed E-state index contributed by atoms with van der Waals surface area (Å²) in [7, 11) is 0. The number of phenolic OH excluding ortho intramolecular Hbond substituents is 2. The molecule has 2 aromatic heterocycles. The number of fused-ring (bicyclic) bond motifs is 2. The number of rotatable bonds is 6. The Kier molecular flexibility index (Phi) is 5.42. The van der Waals surface area contributed by atoms with Crippen LogP contribution < -0.4 is 0 Å². The molecule has 3 aromatic carbocycles. The van der Waals surface area contributed by atoms with E-state index < -0.39 is 0 Å². The Bertz CT molecular complexity index is 1300. The van der Waals surface area contributed by atoms with Crippen molar-refractivity contribution in [3.8, 4) is 11.5 Å². The monoisotopic (exact) mass is 420 g/mol. The van der Waals surface area contributed by atoms with Gasteiger partial charge in [0.2, 0.25) is 0 Å². The second-order valence-electron chi connectivity index (χ2n) is 8.07. The van der Waals surface area contributed by atoms with Crippen molar-refractivity contribution in [2.24, 2.45) is 0 Å². The van der Waals surface area contributed by atoms with Crippen LogP contribution in [0.4, 0.5) is 0 Å². The van der Waals surface area contributed by atoms with Crippen LogP contribution in [0.2, 0.25) is 0 Å². The standard InChI is InChI=1S/C28H24N2O2/c31-25-9-3-7-21-13-17-23(29-27(21)25)15-11-19-5-1-2-6-20(19)12-16-24-18-14-22-8-4-10-26(32)28(22)30-24/h1-10,13-14,17-18,31-32H,11-12,15-16H2. The molecule has 4 heteroatoms. The van der Waals surface area contributed by atoms with Crippen LogP contribution in [0.15, 0.2) is 84.9 Å². The van der Waals surface area contributed by atoms with Crippen LogP contribution in [0, 0.1) is 0 Å². The van der Waals surface area contributed by atoms with Gasteiger partial charge in [0, 0.05) is 22.2 Å². The molecule has 4 nitrogen and oxygen atoms in total. The number of aromatic hydroxyl groups is 2. The zero-order chi connectivity index (χ0) is 21.9. The number of hydrogen-bond acceptors (Lipinski definition) is 4. The fourth-order valence-corrected chi connectivity index (χ4v) is 4.19. The highest BCUT2D eigenvalue weighted by Gasteiger charge is 2.08. The van der Waals surface area contributed by atoms with E-state index in [0.717, 1.165) is 47.8 Å². The number of para-hydroxylation sites is 2. The second-order valence-corrected chi connectivity index (χ2v) is 8.07. The number of pyridine rings is 2. The topological polar surface area (TPSA) is 66.2 Å². The van der Waals surface area contributed by atoms with Gasteiger partial charge in [-0.15, -0.1) is 0 Å². The van der Waals surface area contributed by atoms with Crippen molar-refractivity contribution >= 4 is 21.8 Å². The van der Waals surface area contributed by atoms with Gasteiger partial charge in [0.1, 0.15) is 22.5 Å². The molecule has 2 heterocycles. The molecule has 5 rings (SSSR count). The molecule has 0 aliphatic carbocycles. The van der Waals surface area contributed by atoms with E-state index in [1.54, 1.807) is 12.1 Å². The third kappa shape index (κ3) is 4.12. The summed E-state index contributed by atoms with van der Waals surface area (Å²) in [6.07, 6.45) is 3.38. The van der Waals surface area contributed by atoms with Crippen LogP contribution in [0.1, 0.15) is 22.5 Å². The van der Waals surface area contributed by atoms with Crippen molar-refractivity contribution in [2.45, 2.75) is 25.7 Å². The maximum atomic E-state index is 10.1. The van der Waals surface area contributed by atoms with E-state index in [2.05, 4.69) is 34.2 Å². The Morgan fingerprint density at radius 2 is 0.938 bits per heavy atom. The van der Waals surface area contributed by atoms with Gasteiger partial charge in [-0.05, 0) is 61.1 Å². The highest BCUT2D eigenvalue weighted by Crippen LogP contribution is 2.24. The Morgan fingerprint density at radius 1 is 0.469 bits per heavy atom. The molecule has 0 saturated heterocycles. The molecule has 32 heavy (non-hydrogen) atoms. The molecule has 158 valence electrons. The summed E-state index contributed by atoms with van der Waals surface area (Å²) in [4.78, 5) is 9.33. The van der Waals surface area contributed by atoms with Crippen LogP contribution in [0.5, 0.6) is 11.5 Å². The number of hydrogen-bond donors (Lipinski definition) is 2. The molecule has 0 atom stereocenters. The first-order valence-corrected chi connectivity index (χ1v) is 10.9. The molecular formula is C28H24N2O2. The fraction of sp³-hybridized carbons (Fsp3) is 0.143. The van der Waals surface area contributed by atoms with Gasteiger partial charge >= 0.3 is 0 Å². The lowest BCUT2D eigenvalue weighted by Gasteiger charge is -2.10. The first-order chi connectivity index (χ1) is 15.7. The predicted octanol–water partition coefficient (Wildman–Crippen LogP) is 5.76. The summed E-state index contributed by atoms with van der Waals surface area (Å²) >= 11 is 0. The summed E-state index contributed by atoms with van der Waals surface area (Å²) in [5, 5.41) is 22.1. The maximum Gasteiger partial charge on any atom is 0.141 e. The lowest BCUT2D eigenvalue weighted by molar-refractivity contribution is 0.479. The van der Waals surface area contributed by atoms with Crippen molar-refractivity contribution in [3.05, 3.63) is 107 Å². The van der Waals surface area contributed by atoms with Crippen molar-refractivity contribution in [1.82, 2.24) is 9.97 Å². The third-order valence-electron chi connectivity index (χ3n) is 5.93. The second kappa shape index (κ2) is 8.67. The number of phenols is 2. The minimum Gasteiger partial charge on any atom is -0.506 e. The highest BCUT2D eigenvalue weighted by atomic mass is 16.3. The lowest BCUT2D eigenvalue weighted by Crippen LogP contribution is -2.01. The van der Waals surface area contributed by atoms with Gasteiger partial charge in [-0.25, -0.2) is 9.97 Å². The van der Waals surface area contributed by atoms with Crippen molar-refractivity contribution in [3.63, 3.8) is 0 Å². The number of aromatic nitrogens is 2. The van der Waals surface area contributed by atoms with E-state index in [1.165, 1.54) is 11.1 Å². The van der Waals surface area contributed by atoms with Gasteiger partial charge < -0.3 is 10.2 Å². The Balaban J connectivity index is 1.31. The highest BCUT2D eigenvalue weighted by molar-refractivity contribution is 5.84. The normalized spacial score (nSPS) is 11.2. The average molecular weight is 421 g/mol. The van der Waals surface area contributed by atoms with E-state index in [9.17, 15) is 10.2 Å². The van der Waals surface area contributed by atoms with Gasteiger partial charge in [-0.2, -0.15) is 0 Å². The number of benzene rings is 3. The Hall–Kier alpha value is -3.92. The van der Waals surface area contributed by atoms with Crippen LogP contribution in [0.3, 0.4) is 0 Å². The van der Waals surface area contributed by atoms with E-state index in [-0.39, 0.29) is 11.5 Å². The van der Waals surface area contributed by atoms with Crippen molar-refractivity contribution in [1.29, 1.82) is 0 Å². The Labute approximate surface area is 186 Å². The summed E-state index contributed by atoms with van der Waals surface area (Å²) in [5.74, 6) is 0.442. The van der Waals surface area contributed by atoms with Gasteiger partial charge in [0.05, 0.1) is 0 Å². The molecular weight excluding hydrogens is 396 g/mol. The number of nitrogens with zero attached hydrogens (tertiary/aromatic N) is 2. The van der Waals surface area contributed by atoms with Gasteiger partial charge in [-0.3, -0.25) is 0 Å². The smallest absolute Gasteiger partial charge is 0.141 e. The molecule has 0 spiro atoms. The SMILES string of the molecule is Oc1cccc2ccc(CCc3ccccc3CCc3ccc4cccc(O)c4n3)nc12. The van der Waals surface area contributed by atoms with Crippen LogP contribution in [0.25, 0.3) is 21.8 Å². The molecule has 0 unspecified atom stereocenters. The zero-order valence-electron chi connectivity index (χ0n) is 17.7. The average Bonchev–Trinajstić information content (AvgIpc) is 2.83. The predicted molar refractivity (Wildman–Crippen MR) is 128 cm³/mol. The maximum absolute atomic E-state index is 10.1. The molecule has 2 N–H and O–H groups in total. The summed E-state index contributed by atoms with van der Waals surface area (Å²) in [6, 6.07) is 27.5. The third-order valence-corrected chi connectivity index (χ3v) is 5.93. The van der Waals surface area contributed by atoms with E-state index in [1.807, 2.05) is 48.5 Å². The van der Waals surface area contributed by atoms with Crippen molar-refractivity contribution in [2.75, 3.05) is 0 Å². The molecule has 0 radical (unpaired) electrons. The molecule has 0 saturated carbocycles. The van der Waals surface area contributed by atoms with Crippen LogP contribution >= 0.6 is 0 Å². The van der Waals surface area contributed by atoms with E-state index >= 15 is 0 Å². The molecule has 0 bridgehead atoms. The zero-order valence-corrected chi connectivity index (χ0v) is 17.7. The first-order valence-electron chi connectivity index (χ1n) is 10.9. The number of aryl methyl sites for hydroxylation is 4. The Morgan fingerprint density at radius 3 is 1.41 bits per heavy atom. The van der Waals surface area contributed by atoms with Crippen molar-refractivity contribution < 1.29 is 10.2 Å². The molecule has 0 aliphatic rings. The molecule has 5 aromatic rings. The largest absolute Gasteiger partial charge is 0.506 e.